The first-order valence-corrected chi connectivity index (χ1v) is 3.83. The summed E-state index contributed by atoms with van der Waals surface area (Å²) in [6.45, 7) is 1.95. The Balaban J connectivity index is 2.60. The topological polar surface area (TPSA) is 67.6 Å². The number of H-pyrrole nitrogens is 1. The standard InChI is InChI=1S/C8H10N4/c1-5(9)6-2-3-7-8(4-6)11-12-10-7/h2-5H,9H2,1H3,(H,10,11,12)/t5-/m1/s1. The highest BCUT2D eigenvalue weighted by molar-refractivity contribution is 5.74. The molecule has 4 nitrogen and oxygen atoms in total. The first kappa shape index (κ1) is 7.24. The lowest BCUT2D eigenvalue weighted by molar-refractivity contribution is 0.819. The van der Waals surface area contributed by atoms with Gasteiger partial charge in [0.25, 0.3) is 0 Å². The molecule has 3 N–H and O–H groups in total. The van der Waals surface area contributed by atoms with E-state index in [9.17, 15) is 0 Å². The van der Waals surface area contributed by atoms with Gasteiger partial charge in [-0.3, -0.25) is 5.10 Å². The number of rotatable bonds is 1. The van der Waals surface area contributed by atoms with E-state index in [2.05, 4.69) is 15.4 Å². The first-order valence-electron chi connectivity index (χ1n) is 3.83. The average molecular weight is 162 g/mol. The minimum atomic E-state index is 0.0534. The lowest BCUT2D eigenvalue weighted by atomic mass is 10.1. The van der Waals surface area contributed by atoms with Crippen molar-refractivity contribution in [1.29, 1.82) is 0 Å². The highest BCUT2D eigenvalue weighted by atomic mass is 15.3. The Hall–Kier alpha value is -1.42. The van der Waals surface area contributed by atoms with Crippen LogP contribution in [0.2, 0.25) is 0 Å². The van der Waals surface area contributed by atoms with Gasteiger partial charge in [-0.25, -0.2) is 0 Å². The summed E-state index contributed by atoms with van der Waals surface area (Å²) in [5.74, 6) is 0. The maximum Gasteiger partial charge on any atom is 0.112 e. The molecule has 1 atom stereocenters. The average Bonchev–Trinajstić information content (AvgIpc) is 2.49. The number of hydrogen-bond donors (Lipinski definition) is 2. The molecule has 2 rings (SSSR count). The molecule has 0 amide bonds. The van der Waals surface area contributed by atoms with Gasteiger partial charge in [-0.1, -0.05) is 11.3 Å². The van der Waals surface area contributed by atoms with E-state index in [1.807, 2.05) is 25.1 Å². The van der Waals surface area contributed by atoms with Gasteiger partial charge in [-0.2, -0.15) is 0 Å². The molecule has 0 unspecified atom stereocenters. The van der Waals surface area contributed by atoms with Crippen molar-refractivity contribution in [3.8, 4) is 0 Å². The summed E-state index contributed by atoms with van der Waals surface area (Å²) in [6, 6.07) is 5.91. The third kappa shape index (κ3) is 1.06. The van der Waals surface area contributed by atoms with Crippen LogP contribution in [0.1, 0.15) is 18.5 Å². The fourth-order valence-corrected chi connectivity index (χ4v) is 1.15. The normalized spacial score (nSPS) is 13.5. The summed E-state index contributed by atoms with van der Waals surface area (Å²) in [6.07, 6.45) is 0. The van der Waals surface area contributed by atoms with E-state index >= 15 is 0 Å². The van der Waals surface area contributed by atoms with Crippen LogP contribution in [-0.4, -0.2) is 15.4 Å². The van der Waals surface area contributed by atoms with E-state index < -0.39 is 0 Å². The maximum absolute atomic E-state index is 5.72. The smallest absolute Gasteiger partial charge is 0.112 e. The molecule has 1 aromatic carbocycles. The van der Waals surface area contributed by atoms with Gasteiger partial charge in [-0.05, 0) is 24.6 Å². The van der Waals surface area contributed by atoms with E-state index in [1.165, 1.54) is 0 Å². The van der Waals surface area contributed by atoms with Crippen molar-refractivity contribution in [3.05, 3.63) is 23.8 Å². The molecule has 62 valence electrons. The number of nitrogens with two attached hydrogens (primary N) is 1. The summed E-state index contributed by atoms with van der Waals surface area (Å²) in [5, 5.41) is 10.4. The SMILES string of the molecule is C[C@@H](N)c1ccc2nn[nH]c2c1. The minimum absolute atomic E-state index is 0.0534. The number of hydrogen-bond acceptors (Lipinski definition) is 3. The molecule has 0 spiro atoms. The van der Waals surface area contributed by atoms with Crippen molar-refractivity contribution >= 4 is 11.0 Å². The molecule has 4 heteroatoms. The Labute approximate surface area is 69.8 Å². The fraction of sp³-hybridized carbons (Fsp3) is 0.250. The van der Waals surface area contributed by atoms with E-state index in [1.54, 1.807) is 0 Å². The largest absolute Gasteiger partial charge is 0.324 e. The number of aromatic amines is 1. The predicted octanol–water partition coefficient (Wildman–Crippen LogP) is 0.978. The number of fused-ring (bicyclic) bond motifs is 1. The zero-order chi connectivity index (χ0) is 8.55. The predicted molar refractivity (Wildman–Crippen MR) is 46.5 cm³/mol. The number of nitrogens with one attached hydrogen (secondary N) is 1. The van der Waals surface area contributed by atoms with Crippen LogP contribution in [0.15, 0.2) is 18.2 Å². The zero-order valence-corrected chi connectivity index (χ0v) is 6.78. The van der Waals surface area contributed by atoms with Gasteiger partial charge in [0.2, 0.25) is 0 Å². The quantitative estimate of drug-likeness (QED) is 0.656. The molecule has 0 aliphatic rings. The van der Waals surface area contributed by atoms with Crippen LogP contribution >= 0.6 is 0 Å². The molecule has 0 aliphatic heterocycles. The van der Waals surface area contributed by atoms with Gasteiger partial charge < -0.3 is 5.73 Å². The Morgan fingerprint density at radius 2 is 2.33 bits per heavy atom. The summed E-state index contributed by atoms with van der Waals surface area (Å²) in [5.41, 5.74) is 8.62. The Kier molecular flexibility index (Phi) is 1.55. The van der Waals surface area contributed by atoms with Crippen LogP contribution in [0.3, 0.4) is 0 Å². The van der Waals surface area contributed by atoms with Crippen molar-refractivity contribution in [2.24, 2.45) is 5.73 Å². The van der Waals surface area contributed by atoms with Crippen LogP contribution in [0.25, 0.3) is 11.0 Å². The van der Waals surface area contributed by atoms with Gasteiger partial charge in [0.15, 0.2) is 0 Å². The van der Waals surface area contributed by atoms with Gasteiger partial charge in [0, 0.05) is 6.04 Å². The van der Waals surface area contributed by atoms with Crippen molar-refractivity contribution in [1.82, 2.24) is 15.4 Å². The Morgan fingerprint density at radius 3 is 3.08 bits per heavy atom. The van der Waals surface area contributed by atoms with E-state index in [-0.39, 0.29) is 6.04 Å². The minimum Gasteiger partial charge on any atom is -0.324 e. The summed E-state index contributed by atoms with van der Waals surface area (Å²) in [4.78, 5) is 0. The van der Waals surface area contributed by atoms with E-state index in [0.29, 0.717) is 0 Å². The monoisotopic (exact) mass is 162 g/mol. The number of benzene rings is 1. The molecule has 0 radical (unpaired) electrons. The summed E-state index contributed by atoms with van der Waals surface area (Å²) in [7, 11) is 0. The lowest BCUT2D eigenvalue weighted by Gasteiger charge is -2.03. The third-order valence-corrected chi connectivity index (χ3v) is 1.87. The van der Waals surface area contributed by atoms with Gasteiger partial charge in [0.05, 0.1) is 5.52 Å². The van der Waals surface area contributed by atoms with Gasteiger partial charge in [0.1, 0.15) is 5.52 Å². The molecule has 0 fully saturated rings. The Bertz CT molecular complexity index is 391. The first-order chi connectivity index (χ1) is 5.77. The molecular weight excluding hydrogens is 152 g/mol. The van der Waals surface area contributed by atoms with Crippen LogP contribution in [0, 0.1) is 0 Å². The van der Waals surface area contributed by atoms with Gasteiger partial charge in [-0.15, -0.1) is 5.10 Å². The van der Waals surface area contributed by atoms with Crippen molar-refractivity contribution in [2.45, 2.75) is 13.0 Å². The molecule has 2 aromatic rings. The van der Waals surface area contributed by atoms with Crippen molar-refractivity contribution in [3.63, 3.8) is 0 Å². The summed E-state index contributed by atoms with van der Waals surface area (Å²) < 4.78 is 0. The van der Waals surface area contributed by atoms with Gasteiger partial charge >= 0.3 is 0 Å². The second-order valence-corrected chi connectivity index (χ2v) is 2.88. The van der Waals surface area contributed by atoms with Crippen LogP contribution in [-0.2, 0) is 0 Å². The highest BCUT2D eigenvalue weighted by Gasteiger charge is 2.01. The summed E-state index contributed by atoms with van der Waals surface area (Å²) >= 11 is 0. The Morgan fingerprint density at radius 1 is 1.50 bits per heavy atom. The molecule has 0 aliphatic carbocycles. The van der Waals surface area contributed by atoms with Crippen LogP contribution in [0.4, 0.5) is 0 Å². The van der Waals surface area contributed by atoms with Crippen LogP contribution in [0.5, 0.6) is 0 Å². The lowest BCUT2D eigenvalue weighted by Crippen LogP contribution is -2.04. The highest BCUT2D eigenvalue weighted by Crippen LogP contribution is 2.14. The fourth-order valence-electron chi connectivity index (χ4n) is 1.15. The molecule has 12 heavy (non-hydrogen) atoms. The second kappa shape index (κ2) is 2.57. The third-order valence-electron chi connectivity index (χ3n) is 1.87. The molecule has 0 bridgehead atoms. The number of aromatic nitrogens is 3. The number of nitrogens with zero attached hydrogens (tertiary/aromatic N) is 2. The molecule has 0 saturated carbocycles. The molecule has 0 saturated heterocycles. The van der Waals surface area contributed by atoms with E-state index in [0.717, 1.165) is 16.6 Å². The van der Waals surface area contributed by atoms with Crippen LogP contribution < -0.4 is 5.73 Å². The zero-order valence-electron chi connectivity index (χ0n) is 6.78. The molecule has 1 aromatic heterocycles. The maximum atomic E-state index is 5.72. The molecular formula is C8H10N4. The van der Waals surface area contributed by atoms with Crippen molar-refractivity contribution in [2.75, 3.05) is 0 Å². The molecule has 1 heterocycles. The van der Waals surface area contributed by atoms with Crippen molar-refractivity contribution < 1.29 is 0 Å². The van der Waals surface area contributed by atoms with E-state index in [4.69, 9.17) is 5.73 Å². The second-order valence-electron chi connectivity index (χ2n) is 2.88.